The van der Waals surface area contributed by atoms with Gasteiger partial charge < -0.3 is 20.7 Å². The molecular weight excluding hydrogens is 486 g/mol. The van der Waals surface area contributed by atoms with E-state index in [-0.39, 0.29) is 17.9 Å². The molecule has 3 rings (SSSR count). The van der Waals surface area contributed by atoms with Gasteiger partial charge in [-0.3, -0.25) is 9.59 Å². The Bertz CT molecular complexity index is 1110. The van der Waals surface area contributed by atoms with Crippen LogP contribution in [0.25, 0.3) is 10.2 Å². The van der Waals surface area contributed by atoms with Crippen LogP contribution in [0.1, 0.15) is 50.1 Å². The molecule has 2 amide bonds. The van der Waals surface area contributed by atoms with Crippen LogP contribution in [0.2, 0.25) is 0 Å². The second-order valence-corrected chi connectivity index (χ2v) is 9.98. The first kappa shape index (κ1) is 30.0. The number of aryl methyl sites for hydroxylation is 2. The number of nitriles is 1. The largest absolute Gasteiger partial charge is 0.382 e. The number of aromatic nitrogens is 1. The zero-order valence-electron chi connectivity index (χ0n) is 22.2. The zero-order chi connectivity index (χ0) is 27.2. The summed E-state index contributed by atoms with van der Waals surface area (Å²) in [7, 11) is 1.63. The summed E-state index contributed by atoms with van der Waals surface area (Å²) >= 11 is 1.66. The minimum Gasteiger partial charge on any atom is -0.382 e. The summed E-state index contributed by atoms with van der Waals surface area (Å²) in [6.45, 7) is 13.4. The molecule has 1 saturated heterocycles. The van der Waals surface area contributed by atoms with Crippen molar-refractivity contribution in [3.8, 4) is 6.07 Å². The third kappa shape index (κ3) is 9.98. The van der Waals surface area contributed by atoms with Crippen molar-refractivity contribution in [2.75, 3.05) is 26.8 Å². The topological polar surface area (TPSA) is 116 Å². The van der Waals surface area contributed by atoms with Crippen LogP contribution in [0, 0.1) is 17.2 Å². The molecule has 1 aromatic carbocycles. The standard InChI is InChI=1S/C24H30N4O2S.C4H9NO/c1-4-18-5-6-20-22(13-18)31-24(28-20)8-7-23(29)27-21(19-9-11-30-12-10-19)15-26-17(3)16(2)14-25;1-3-4(6)5-2/h5-6,13,19,21,26H,2-4,7-12,15H2,1H3,(H,27,29);3H2,1-2H3,(H,5,6). The summed E-state index contributed by atoms with van der Waals surface area (Å²) in [4.78, 5) is 27.5. The van der Waals surface area contributed by atoms with Gasteiger partial charge in [0.05, 0.1) is 20.8 Å². The first-order valence-corrected chi connectivity index (χ1v) is 13.6. The monoisotopic (exact) mass is 525 g/mol. The third-order valence-corrected chi connectivity index (χ3v) is 7.37. The van der Waals surface area contributed by atoms with Gasteiger partial charge in [0.1, 0.15) is 6.07 Å². The van der Waals surface area contributed by atoms with E-state index >= 15 is 0 Å². The molecule has 0 spiro atoms. The van der Waals surface area contributed by atoms with Crippen molar-refractivity contribution < 1.29 is 14.3 Å². The summed E-state index contributed by atoms with van der Waals surface area (Å²) < 4.78 is 6.65. The van der Waals surface area contributed by atoms with E-state index in [1.165, 1.54) is 10.3 Å². The number of benzene rings is 1. The van der Waals surface area contributed by atoms with Crippen LogP contribution >= 0.6 is 11.3 Å². The van der Waals surface area contributed by atoms with Crippen molar-refractivity contribution in [3.05, 3.63) is 53.2 Å². The van der Waals surface area contributed by atoms with Gasteiger partial charge in [0.25, 0.3) is 0 Å². The fourth-order valence-corrected chi connectivity index (χ4v) is 4.91. The summed E-state index contributed by atoms with van der Waals surface area (Å²) in [6, 6.07) is 8.30. The molecule has 2 heterocycles. The molecule has 1 fully saturated rings. The van der Waals surface area contributed by atoms with Crippen LogP contribution in [0.4, 0.5) is 0 Å². The molecule has 0 saturated carbocycles. The Labute approximate surface area is 224 Å². The summed E-state index contributed by atoms with van der Waals surface area (Å²) in [6.07, 6.45) is 4.40. The number of nitrogens with one attached hydrogen (secondary N) is 3. The van der Waals surface area contributed by atoms with Gasteiger partial charge in [-0.1, -0.05) is 33.1 Å². The van der Waals surface area contributed by atoms with Gasteiger partial charge in [0, 0.05) is 57.8 Å². The van der Waals surface area contributed by atoms with Gasteiger partial charge in [-0.2, -0.15) is 5.26 Å². The molecule has 1 atom stereocenters. The van der Waals surface area contributed by atoms with E-state index in [9.17, 15) is 9.59 Å². The van der Waals surface area contributed by atoms with Crippen molar-refractivity contribution in [1.29, 1.82) is 5.26 Å². The lowest BCUT2D eigenvalue weighted by atomic mass is 9.91. The molecule has 9 heteroatoms. The number of rotatable bonds is 11. The predicted octanol–water partition coefficient (Wildman–Crippen LogP) is 4.03. The Morgan fingerprint density at radius 1 is 1.24 bits per heavy atom. The van der Waals surface area contributed by atoms with Gasteiger partial charge in [0.2, 0.25) is 11.8 Å². The van der Waals surface area contributed by atoms with Gasteiger partial charge in [-0.05, 0) is 42.9 Å². The maximum atomic E-state index is 12.7. The summed E-state index contributed by atoms with van der Waals surface area (Å²) in [5.41, 5.74) is 3.10. The number of carbonyl (C=O) groups is 2. The Morgan fingerprint density at radius 3 is 2.57 bits per heavy atom. The highest BCUT2D eigenvalue weighted by Crippen LogP contribution is 2.25. The van der Waals surface area contributed by atoms with E-state index in [0.717, 1.165) is 29.8 Å². The fourth-order valence-electron chi connectivity index (χ4n) is 3.88. The molecule has 1 aliphatic rings. The molecule has 1 aromatic heterocycles. The third-order valence-electron chi connectivity index (χ3n) is 6.29. The number of carbonyl (C=O) groups excluding carboxylic acids is 2. The first-order valence-electron chi connectivity index (χ1n) is 12.8. The Kier molecular flexibility index (Phi) is 12.8. The van der Waals surface area contributed by atoms with E-state index < -0.39 is 0 Å². The van der Waals surface area contributed by atoms with E-state index in [1.807, 2.05) is 13.0 Å². The molecule has 2 aromatic rings. The second-order valence-electron chi connectivity index (χ2n) is 8.86. The molecule has 0 radical (unpaired) electrons. The number of fused-ring (bicyclic) bond motifs is 1. The van der Waals surface area contributed by atoms with Crippen molar-refractivity contribution in [3.63, 3.8) is 0 Å². The first-order chi connectivity index (χ1) is 17.8. The van der Waals surface area contributed by atoms with Gasteiger partial charge in [-0.15, -0.1) is 11.3 Å². The number of nitrogens with zero attached hydrogens (tertiary/aromatic N) is 2. The van der Waals surface area contributed by atoms with Crippen LogP contribution in [0.5, 0.6) is 0 Å². The lowest BCUT2D eigenvalue weighted by Gasteiger charge is -2.31. The van der Waals surface area contributed by atoms with Crippen LogP contribution in [0.15, 0.2) is 42.6 Å². The van der Waals surface area contributed by atoms with Gasteiger partial charge in [-0.25, -0.2) is 4.98 Å². The summed E-state index contributed by atoms with van der Waals surface area (Å²) in [5.74, 6) is 0.426. The maximum absolute atomic E-state index is 12.7. The lowest BCUT2D eigenvalue weighted by molar-refractivity contribution is -0.122. The van der Waals surface area contributed by atoms with E-state index in [4.69, 9.17) is 10.00 Å². The molecule has 0 aliphatic carbocycles. The van der Waals surface area contributed by atoms with Gasteiger partial charge in [0.15, 0.2) is 0 Å². The van der Waals surface area contributed by atoms with Gasteiger partial charge >= 0.3 is 0 Å². The Balaban J connectivity index is 0.000000717. The Morgan fingerprint density at radius 2 is 1.97 bits per heavy atom. The Hall–Kier alpha value is -3.22. The highest BCUT2D eigenvalue weighted by atomic mass is 32.1. The molecule has 1 unspecified atom stereocenters. The molecule has 0 bridgehead atoms. The average molecular weight is 526 g/mol. The number of hydrogen-bond acceptors (Lipinski definition) is 7. The van der Waals surface area contributed by atoms with E-state index in [1.54, 1.807) is 18.4 Å². The minimum absolute atomic E-state index is 0.0107. The lowest BCUT2D eigenvalue weighted by Crippen LogP contribution is -2.48. The smallest absolute Gasteiger partial charge is 0.220 e. The molecular formula is C28H39N5O3S. The second kappa shape index (κ2) is 15.8. The van der Waals surface area contributed by atoms with Crippen molar-refractivity contribution in [1.82, 2.24) is 20.9 Å². The molecule has 37 heavy (non-hydrogen) atoms. The van der Waals surface area contributed by atoms with Crippen molar-refractivity contribution in [2.45, 2.75) is 58.4 Å². The quantitative estimate of drug-likeness (QED) is 0.301. The highest BCUT2D eigenvalue weighted by Gasteiger charge is 2.25. The van der Waals surface area contributed by atoms with Crippen molar-refractivity contribution >= 4 is 33.4 Å². The minimum atomic E-state index is -0.0536. The highest BCUT2D eigenvalue weighted by molar-refractivity contribution is 7.18. The van der Waals surface area contributed by atoms with Crippen LogP contribution in [-0.4, -0.2) is 49.6 Å². The summed E-state index contributed by atoms with van der Waals surface area (Å²) in [5, 5.41) is 18.8. The van der Waals surface area contributed by atoms with Crippen LogP contribution in [-0.2, 0) is 27.2 Å². The van der Waals surface area contributed by atoms with Crippen LogP contribution in [0.3, 0.4) is 0 Å². The number of thiazole rings is 1. The predicted molar refractivity (Wildman–Crippen MR) is 149 cm³/mol. The molecule has 200 valence electrons. The number of hydrogen-bond donors (Lipinski definition) is 3. The SMILES string of the molecule is C=C(C#N)C(=C)NCC(NC(=O)CCc1nc2ccc(CC)cc2s1)C1CCOCC1.CCC(=O)NC. The molecule has 1 aliphatic heterocycles. The normalized spacial score (nSPS) is 14.0. The number of ether oxygens (including phenoxy) is 1. The average Bonchev–Trinajstić information content (AvgIpc) is 3.35. The zero-order valence-corrected chi connectivity index (χ0v) is 23.0. The van der Waals surface area contributed by atoms with Crippen molar-refractivity contribution in [2.24, 2.45) is 5.92 Å². The molecule has 8 nitrogen and oxygen atoms in total. The van der Waals surface area contributed by atoms with E-state index in [0.29, 0.717) is 56.2 Å². The van der Waals surface area contributed by atoms with E-state index in [2.05, 4.69) is 59.2 Å². The molecule has 3 N–H and O–H groups in total. The number of allylic oxidation sites excluding steroid dienone is 1. The number of amides is 2. The fraction of sp³-hybridized carbons (Fsp3) is 0.500. The van der Waals surface area contributed by atoms with Crippen LogP contribution < -0.4 is 16.0 Å². The maximum Gasteiger partial charge on any atom is 0.220 e.